The van der Waals surface area contributed by atoms with E-state index in [0.717, 1.165) is 10.0 Å². The molecule has 5 nitrogen and oxygen atoms in total. The number of nitrogens with zero attached hydrogens (tertiary/aromatic N) is 2. The molecule has 0 saturated heterocycles. The average molecular weight is 429 g/mol. The van der Waals surface area contributed by atoms with Gasteiger partial charge in [-0.15, -0.1) is 0 Å². The van der Waals surface area contributed by atoms with E-state index < -0.39 is 0 Å². The second-order valence-electron chi connectivity index (χ2n) is 5.50. The van der Waals surface area contributed by atoms with Crippen molar-refractivity contribution in [1.29, 1.82) is 0 Å². The Labute approximate surface area is 162 Å². The number of benzene rings is 2. The number of hydrogen-bond donors (Lipinski definition) is 1. The van der Waals surface area contributed by atoms with Crippen LogP contribution in [0.2, 0.25) is 5.15 Å². The number of halogens is 2. The molecule has 0 spiro atoms. The van der Waals surface area contributed by atoms with Crippen molar-refractivity contribution in [2.45, 2.75) is 0 Å². The molecule has 0 radical (unpaired) electrons. The zero-order chi connectivity index (χ0) is 18.1. The molecule has 0 unspecified atom stereocenters. The molecule has 4 rings (SSSR count). The second-order valence-corrected chi connectivity index (χ2v) is 6.78. The van der Waals surface area contributed by atoms with Crippen LogP contribution in [0.25, 0.3) is 22.6 Å². The maximum absolute atomic E-state index is 12.3. The zero-order valence-electron chi connectivity index (χ0n) is 13.2. The van der Waals surface area contributed by atoms with Gasteiger partial charge in [0.1, 0.15) is 10.7 Å². The van der Waals surface area contributed by atoms with E-state index in [1.54, 1.807) is 30.3 Å². The number of anilines is 1. The number of fused-ring (bicyclic) bond motifs is 1. The topological polar surface area (TPSA) is 68.0 Å². The standard InChI is InChI=1S/C19H11BrClN3O2/c20-12-5-3-11(4-6-12)19-24-15-10-13(7-8-16(15)26-19)23-18(25)14-2-1-9-22-17(14)21/h1-10H,(H,23,25). The third kappa shape index (κ3) is 3.34. The summed E-state index contributed by atoms with van der Waals surface area (Å²) in [7, 11) is 0. The fraction of sp³-hybridized carbons (Fsp3) is 0. The summed E-state index contributed by atoms with van der Waals surface area (Å²) in [5.74, 6) is 0.186. The lowest BCUT2D eigenvalue weighted by molar-refractivity contribution is 0.102. The van der Waals surface area contributed by atoms with E-state index in [0.29, 0.717) is 28.2 Å². The summed E-state index contributed by atoms with van der Waals surface area (Å²) >= 11 is 9.36. The maximum Gasteiger partial charge on any atom is 0.258 e. The number of aromatic nitrogens is 2. The molecular weight excluding hydrogens is 418 g/mol. The smallest absolute Gasteiger partial charge is 0.258 e. The van der Waals surface area contributed by atoms with Crippen LogP contribution in [0.5, 0.6) is 0 Å². The normalized spacial score (nSPS) is 10.8. The molecular formula is C19H11BrClN3O2. The fourth-order valence-electron chi connectivity index (χ4n) is 2.47. The minimum atomic E-state index is -0.334. The van der Waals surface area contributed by atoms with Crippen LogP contribution < -0.4 is 5.32 Å². The number of nitrogens with one attached hydrogen (secondary N) is 1. The SMILES string of the molecule is O=C(Nc1ccc2oc(-c3ccc(Br)cc3)nc2c1)c1cccnc1Cl. The Hall–Kier alpha value is -2.70. The summed E-state index contributed by atoms with van der Waals surface area (Å²) in [6.45, 7) is 0. The molecule has 2 aromatic heterocycles. The predicted octanol–water partition coefficient (Wildman–Crippen LogP) is 5.56. The number of rotatable bonds is 3. The van der Waals surface area contributed by atoms with Crippen LogP contribution in [0.15, 0.2) is 69.7 Å². The van der Waals surface area contributed by atoms with Crippen LogP contribution in [0.1, 0.15) is 10.4 Å². The molecule has 1 N–H and O–H groups in total. The number of oxazole rings is 1. The van der Waals surface area contributed by atoms with Gasteiger partial charge in [-0.3, -0.25) is 4.79 Å². The van der Waals surface area contributed by atoms with Crippen LogP contribution in [-0.4, -0.2) is 15.9 Å². The van der Waals surface area contributed by atoms with Crippen LogP contribution in [0.4, 0.5) is 5.69 Å². The highest BCUT2D eigenvalue weighted by atomic mass is 79.9. The molecule has 0 atom stereocenters. The first-order valence-corrected chi connectivity index (χ1v) is 8.86. The first-order chi connectivity index (χ1) is 12.6. The van der Waals surface area contributed by atoms with Gasteiger partial charge in [0.25, 0.3) is 5.91 Å². The number of pyridine rings is 1. The summed E-state index contributed by atoms with van der Waals surface area (Å²) < 4.78 is 6.77. The van der Waals surface area contributed by atoms with Crippen molar-refractivity contribution in [3.8, 4) is 11.5 Å². The van der Waals surface area contributed by atoms with Crippen LogP contribution >= 0.6 is 27.5 Å². The third-order valence-corrected chi connectivity index (χ3v) is 4.57. The van der Waals surface area contributed by atoms with Gasteiger partial charge in [-0.25, -0.2) is 9.97 Å². The molecule has 0 bridgehead atoms. The lowest BCUT2D eigenvalue weighted by Gasteiger charge is -2.05. The van der Waals surface area contributed by atoms with Crippen LogP contribution in [-0.2, 0) is 0 Å². The highest BCUT2D eigenvalue weighted by Crippen LogP contribution is 2.27. The molecule has 2 heterocycles. The van der Waals surface area contributed by atoms with E-state index in [4.69, 9.17) is 16.0 Å². The van der Waals surface area contributed by atoms with Crippen molar-refractivity contribution in [2.75, 3.05) is 5.32 Å². The number of hydrogen-bond acceptors (Lipinski definition) is 4. The predicted molar refractivity (Wildman–Crippen MR) is 104 cm³/mol. The highest BCUT2D eigenvalue weighted by molar-refractivity contribution is 9.10. The average Bonchev–Trinajstić information content (AvgIpc) is 3.06. The molecule has 1 amide bonds. The lowest BCUT2D eigenvalue weighted by Crippen LogP contribution is -2.12. The van der Waals surface area contributed by atoms with Crippen molar-refractivity contribution < 1.29 is 9.21 Å². The molecule has 7 heteroatoms. The Morgan fingerprint density at radius 2 is 1.92 bits per heavy atom. The molecule has 4 aromatic rings. The van der Waals surface area contributed by atoms with E-state index in [9.17, 15) is 4.79 Å². The Bertz CT molecular complexity index is 1110. The van der Waals surface area contributed by atoms with Gasteiger partial charge in [-0.2, -0.15) is 0 Å². The molecule has 2 aromatic carbocycles. The van der Waals surface area contributed by atoms with Crippen molar-refractivity contribution in [2.24, 2.45) is 0 Å². The van der Waals surface area contributed by atoms with Gasteiger partial charge < -0.3 is 9.73 Å². The van der Waals surface area contributed by atoms with Gasteiger partial charge in [0, 0.05) is 21.9 Å². The number of amides is 1. The lowest BCUT2D eigenvalue weighted by atomic mass is 10.2. The van der Waals surface area contributed by atoms with Gasteiger partial charge in [-0.1, -0.05) is 27.5 Å². The van der Waals surface area contributed by atoms with Crippen molar-refractivity contribution in [1.82, 2.24) is 9.97 Å². The minimum absolute atomic E-state index is 0.157. The summed E-state index contributed by atoms with van der Waals surface area (Å²) in [5.41, 5.74) is 3.07. The quantitative estimate of drug-likeness (QED) is 0.434. The van der Waals surface area contributed by atoms with Gasteiger partial charge >= 0.3 is 0 Å². The first-order valence-electron chi connectivity index (χ1n) is 7.68. The molecule has 0 aliphatic heterocycles. The maximum atomic E-state index is 12.3. The van der Waals surface area contributed by atoms with Crippen molar-refractivity contribution in [3.63, 3.8) is 0 Å². The fourth-order valence-corrected chi connectivity index (χ4v) is 2.94. The van der Waals surface area contributed by atoms with Crippen molar-refractivity contribution >= 4 is 50.2 Å². The highest BCUT2D eigenvalue weighted by Gasteiger charge is 2.13. The van der Waals surface area contributed by atoms with Crippen LogP contribution in [0, 0.1) is 0 Å². The van der Waals surface area contributed by atoms with E-state index in [2.05, 4.69) is 31.2 Å². The summed E-state index contributed by atoms with van der Waals surface area (Å²) in [4.78, 5) is 20.8. The Morgan fingerprint density at radius 3 is 2.69 bits per heavy atom. The molecule has 0 aliphatic rings. The molecule has 26 heavy (non-hydrogen) atoms. The van der Waals surface area contributed by atoms with Gasteiger partial charge in [0.05, 0.1) is 5.56 Å². The Balaban J connectivity index is 1.62. The molecule has 0 saturated carbocycles. The van der Waals surface area contributed by atoms with E-state index in [1.165, 1.54) is 6.20 Å². The van der Waals surface area contributed by atoms with Gasteiger partial charge in [0.15, 0.2) is 5.58 Å². The molecule has 0 aliphatic carbocycles. The van der Waals surface area contributed by atoms with Crippen LogP contribution in [0.3, 0.4) is 0 Å². The summed E-state index contributed by atoms with van der Waals surface area (Å²) in [6.07, 6.45) is 1.53. The first kappa shape index (κ1) is 16.8. The summed E-state index contributed by atoms with van der Waals surface area (Å²) in [6, 6.07) is 16.2. The number of carbonyl (C=O) groups is 1. The minimum Gasteiger partial charge on any atom is -0.436 e. The van der Waals surface area contributed by atoms with Crippen molar-refractivity contribution in [3.05, 3.63) is 76.0 Å². The van der Waals surface area contributed by atoms with E-state index in [1.807, 2.05) is 24.3 Å². The third-order valence-electron chi connectivity index (χ3n) is 3.74. The Morgan fingerprint density at radius 1 is 1.12 bits per heavy atom. The Kier molecular flexibility index (Phi) is 4.44. The van der Waals surface area contributed by atoms with E-state index in [-0.39, 0.29) is 11.1 Å². The molecule has 128 valence electrons. The second kappa shape index (κ2) is 6.90. The van der Waals surface area contributed by atoms with Gasteiger partial charge in [-0.05, 0) is 54.6 Å². The monoisotopic (exact) mass is 427 g/mol. The number of carbonyl (C=O) groups excluding carboxylic acids is 1. The molecule has 0 fully saturated rings. The zero-order valence-corrected chi connectivity index (χ0v) is 15.6. The summed E-state index contributed by atoms with van der Waals surface area (Å²) in [5, 5.41) is 2.95. The van der Waals surface area contributed by atoms with Gasteiger partial charge in [0.2, 0.25) is 5.89 Å². The largest absolute Gasteiger partial charge is 0.436 e. The van der Waals surface area contributed by atoms with E-state index >= 15 is 0 Å².